The largest absolute Gasteiger partial charge is 0.477 e. The summed E-state index contributed by atoms with van der Waals surface area (Å²) in [4.78, 5) is 23.2. The number of anilines is 1. The topological polar surface area (TPSA) is 64.6 Å². The number of amides is 1. The van der Waals surface area contributed by atoms with Crippen LogP contribution in [0.2, 0.25) is 0 Å². The van der Waals surface area contributed by atoms with E-state index in [2.05, 4.69) is 10.1 Å². The lowest BCUT2D eigenvalue weighted by atomic mass is 10.2. The van der Waals surface area contributed by atoms with E-state index in [1.54, 1.807) is 6.92 Å². The van der Waals surface area contributed by atoms with E-state index >= 15 is 0 Å². The maximum absolute atomic E-state index is 13.4. The van der Waals surface area contributed by atoms with Crippen LogP contribution in [0.25, 0.3) is 0 Å². The number of carbonyl (C=O) groups is 2. The molecule has 27 heavy (non-hydrogen) atoms. The van der Waals surface area contributed by atoms with Gasteiger partial charge < -0.3 is 14.8 Å². The molecule has 1 amide bonds. The third kappa shape index (κ3) is 4.52. The number of nitrogens with one attached hydrogen (secondary N) is 1. The first-order valence-electron chi connectivity index (χ1n) is 7.47. The molecule has 0 spiro atoms. The highest BCUT2D eigenvalue weighted by Gasteiger charge is 2.27. The first kappa shape index (κ1) is 20.1. The van der Waals surface area contributed by atoms with E-state index in [-0.39, 0.29) is 17.9 Å². The molecule has 0 atom stereocenters. The predicted octanol–water partition coefficient (Wildman–Crippen LogP) is 3.58. The van der Waals surface area contributed by atoms with Gasteiger partial charge in [-0.3, -0.25) is 4.79 Å². The van der Waals surface area contributed by atoms with Crippen LogP contribution in [-0.2, 0) is 9.53 Å². The van der Waals surface area contributed by atoms with Crippen LogP contribution in [0.3, 0.4) is 0 Å². The Morgan fingerprint density at radius 2 is 1.41 bits per heavy atom. The van der Waals surface area contributed by atoms with E-state index in [1.807, 2.05) is 0 Å². The normalized spacial score (nSPS) is 10.4. The van der Waals surface area contributed by atoms with Crippen LogP contribution < -0.4 is 10.1 Å². The van der Waals surface area contributed by atoms with Crippen LogP contribution in [0.5, 0.6) is 5.75 Å². The molecule has 0 aliphatic rings. The molecule has 0 radical (unpaired) electrons. The second kappa shape index (κ2) is 8.47. The Kier molecular flexibility index (Phi) is 6.32. The molecule has 10 heteroatoms. The zero-order chi connectivity index (χ0) is 20.1. The summed E-state index contributed by atoms with van der Waals surface area (Å²) in [6.07, 6.45) is 0. The van der Waals surface area contributed by atoms with E-state index in [0.29, 0.717) is 0 Å². The Morgan fingerprint density at radius 1 is 0.889 bits per heavy atom. The van der Waals surface area contributed by atoms with Gasteiger partial charge in [0, 0.05) is 5.69 Å². The molecule has 0 aliphatic carbocycles. The van der Waals surface area contributed by atoms with E-state index in [4.69, 9.17) is 4.74 Å². The number of halogens is 5. The highest BCUT2D eigenvalue weighted by atomic mass is 19.2. The molecule has 1 N–H and O–H groups in total. The number of rotatable bonds is 6. The highest BCUT2D eigenvalue weighted by Crippen LogP contribution is 2.29. The third-order valence-electron chi connectivity index (χ3n) is 3.20. The molecule has 0 aromatic heterocycles. The molecule has 0 heterocycles. The van der Waals surface area contributed by atoms with Crippen molar-refractivity contribution < 1.29 is 41.0 Å². The van der Waals surface area contributed by atoms with Crippen LogP contribution in [-0.4, -0.2) is 25.1 Å². The zero-order valence-corrected chi connectivity index (χ0v) is 13.7. The van der Waals surface area contributed by atoms with Crippen molar-refractivity contribution in [1.82, 2.24) is 0 Å². The molecule has 2 aromatic carbocycles. The second-order valence-corrected chi connectivity index (χ2v) is 5.03. The fourth-order valence-corrected chi connectivity index (χ4v) is 1.95. The lowest BCUT2D eigenvalue weighted by Crippen LogP contribution is -2.21. The standard InChI is InChI=1S/C17H12F5NO4/c1-2-26-17(25)8-3-5-9(6-4-8)23-10(24)7-27-16-14(21)12(19)11(18)13(20)15(16)22/h3-6H,2,7H2,1H3,(H,23,24). The highest BCUT2D eigenvalue weighted by molar-refractivity contribution is 5.93. The van der Waals surface area contributed by atoms with Crippen molar-refractivity contribution in [3.8, 4) is 5.75 Å². The van der Waals surface area contributed by atoms with Crippen LogP contribution in [0, 0.1) is 29.1 Å². The smallest absolute Gasteiger partial charge is 0.338 e. The van der Waals surface area contributed by atoms with E-state index in [1.165, 1.54) is 24.3 Å². The summed E-state index contributed by atoms with van der Waals surface area (Å²) in [5, 5.41) is 2.27. The summed E-state index contributed by atoms with van der Waals surface area (Å²) in [5.74, 6) is -14.1. The van der Waals surface area contributed by atoms with Crippen molar-refractivity contribution >= 4 is 17.6 Å². The van der Waals surface area contributed by atoms with Gasteiger partial charge in [0.2, 0.25) is 29.1 Å². The minimum atomic E-state index is -2.33. The van der Waals surface area contributed by atoms with Crippen molar-refractivity contribution in [1.29, 1.82) is 0 Å². The van der Waals surface area contributed by atoms with Crippen molar-refractivity contribution in [2.75, 3.05) is 18.5 Å². The van der Waals surface area contributed by atoms with Gasteiger partial charge in [-0.05, 0) is 31.2 Å². The number of hydrogen-bond donors (Lipinski definition) is 1. The first-order chi connectivity index (χ1) is 12.8. The second-order valence-electron chi connectivity index (χ2n) is 5.03. The summed E-state index contributed by atoms with van der Waals surface area (Å²) in [5.41, 5.74) is 0.432. The van der Waals surface area contributed by atoms with E-state index < -0.39 is 53.3 Å². The predicted molar refractivity (Wildman–Crippen MR) is 82.8 cm³/mol. The molecular formula is C17H12F5NO4. The lowest BCUT2D eigenvalue weighted by molar-refractivity contribution is -0.118. The quantitative estimate of drug-likeness (QED) is 0.355. The molecule has 5 nitrogen and oxygen atoms in total. The Balaban J connectivity index is 2.02. The number of esters is 1. The van der Waals surface area contributed by atoms with Crippen LogP contribution in [0.4, 0.5) is 27.6 Å². The molecule has 0 bridgehead atoms. The Morgan fingerprint density at radius 3 is 1.93 bits per heavy atom. The zero-order valence-electron chi connectivity index (χ0n) is 13.7. The maximum Gasteiger partial charge on any atom is 0.338 e. The lowest BCUT2D eigenvalue weighted by Gasteiger charge is -2.11. The number of ether oxygens (including phenoxy) is 2. The average Bonchev–Trinajstić information content (AvgIpc) is 2.65. The minimum absolute atomic E-state index is 0.187. The Hall–Kier alpha value is -3.17. The van der Waals surface area contributed by atoms with Crippen LogP contribution >= 0.6 is 0 Å². The van der Waals surface area contributed by atoms with Crippen molar-refractivity contribution in [3.63, 3.8) is 0 Å². The molecule has 2 aromatic rings. The van der Waals surface area contributed by atoms with Gasteiger partial charge in [0.05, 0.1) is 12.2 Å². The van der Waals surface area contributed by atoms with E-state index in [9.17, 15) is 31.5 Å². The first-order valence-corrected chi connectivity index (χ1v) is 7.47. The molecule has 0 saturated carbocycles. The molecule has 0 saturated heterocycles. The van der Waals surface area contributed by atoms with Gasteiger partial charge >= 0.3 is 5.97 Å². The fraction of sp³-hybridized carbons (Fsp3) is 0.176. The van der Waals surface area contributed by atoms with Gasteiger partial charge in [0.15, 0.2) is 12.4 Å². The molecule has 144 valence electrons. The average molecular weight is 389 g/mol. The fourth-order valence-electron chi connectivity index (χ4n) is 1.95. The van der Waals surface area contributed by atoms with Crippen molar-refractivity contribution in [2.24, 2.45) is 0 Å². The van der Waals surface area contributed by atoms with Gasteiger partial charge in [-0.25, -0.2) is 18.0 Å². The molecule has 0 unspecified atom stereocenters. The summed E-state index contributed by atoms with van der Waals surface area (Å²) >= 11 is 0. The van der Waals surface area contributed by atoms with Crippen LogP contribution in [0.1, 0.15) is 17.3 Å². The summed E-state index contributed by atoms with van der Waals surface area (Å²) in [6, 6.07) is 5.42. The third-order valence-corrected chi connectivity index (χ3v) is 3.20. The number of carbonyl (C=O) groups excluding carboxylic acids is 2. The molecular weight excluding hydrogens is 377 g/mol. The number of benzene rings is 2. The van der Waals surface area contributed by atoms with Gasteiger partial charge in [-0.1, -0.05) is 0 Å². The molecule has 0 fully saturated rings. The SMILES string of the molecule is CCOC(=O)c1ccc(NC(=O)COc2c(F)c(F)c(F)c(F)c2F)cc1. The van der Waals surface area contributed by atoms with Crippen LogP contribution in [0.15, 0.2) is 24.3 Å². The van der Waals surface area contributed by atoms with Gasteiger partial charge in [-0.2, -0.15) is 8.78 Å². The minimum Gasteiger partial charge on any atom is -0.477 e. The Labute approximate surface area is 149 Å². The monoisotopic (exact) mass is 389 g/mol. The van der Waals surface area contributed by atoms with Gasteiger partial charge in [0.25, 0.3) is 5.91 Å². The van der Waals surface area contributed by atoms with Gasteiger partial charge in [0.1, 0.15) is 0 Å². The summed E-state index contributed by atoms with van der Waals surface area (Å²) < 4.78 is 75.1. The maximum atomic E-state index is 13.4. The summed E-state index contributed by atoms with van der Waals surface area (Å²) in [6.45, 7) is 0.807. The van der Waals surface area contributed by atoms with Gasteiger partial charge in [-0.15, -0.1) is 0 Å². The van der Waals surface area contributed by atoms with Crippen molar-refractivity contribution in [3.05, 3.63) is 58.9 Å². The van der Waals surface area contributed by atoms with Crippen molar-refractivity contribution in [2.45, 2.75) is 6.92 Å². The Bertz CT molecular complexity index is 842. The molecule has 2 rings (SSSR count). The number of hydrogen-bond acceptors (Lipinski definition) is 4. The summed E-state index contributed by atoms with van der Waals surface area (Å²) in [7, 11) is 0. The van der Waals surface area contributed by atoms with E-state index in [0.717, 1.165) is 0 Å². The molecule has 0 aliphatic heterocycles.